The Morgan fingerprint density at radius 3 is 2.56 bits per heavy atom. The first kappa shape index (κ1) is 18.2. The molecule has 1 aromatic carbocycles. The second-order valence-electron chi connectivity index (χ2n) is 5.16. The van der Waals surface area contributed by atoms with Crippen molar-refractivity contribution >= 4 is 17.9 Å². The van der Waals surface area contributed by atoms with Gasteiger partial charge in [0.15, 0.2) is 0 Å². The number of hydrogen-bond acceptors (Lipinski definition) is 4. The Labute approximate surface area is 146 Å². The number of furan rings is 1. The van der Waals surface area contributed by atoms with E-state index < -0.39 is 11.8 Å². The van der Waals surface area contributed by atoms with Gasteiger partial charge in [-0.1, -0.05) is 24.3 Å². The zero-order chi connectivity index (χ0) is 18.1. The average molecular weight is 340 g/mol. The van der Waals surface area contributed by atoms with E-state index in [0.29, 0.717) is 11.3 Å². The molecule has 0 spiro atoms. The van der Waals surface area contributed by atoms with E-state index in [1.807, 2.05) is 0 Å². The molecule has 0 aliphatic carbocycles. The summed E-state index contributed by atoms with van der Waals surface area (Å²) in [6.07, 6.45) is 4.48. The highest BCUT2D eigenvalue weighted by molar-refractivity contribution is 6.05. The van der Waals surface area contributed by atoms with Crippen LogP contribution in [0.25, 0.3) is 6.08 Å². The average Bonchev–Trinajstić information content (AvgIpc) is 3.14. The normalized spacial score (nSPS) is 11.0. The molecule has 0 saturated heterocycles. The van der Waals surface area contributed by atoms with Crippen LogP contribution >= 0.6 is 0 Å². The molecule has 6 heteroatoms. The van der Waals surface area contributed by atoms with Crippen LogP contribution in [0.1, 0.15) is 16.1 Å². The number of nitrogens with zero attached hydrogens (tertiary/aromatic N) is 1. The van der Waals surface area contributed by atoms with Crippen molar-refractivity contribution in [1.29, 1.82) is 0 Å². The van der Waals surface area contributed by atoms with E-state index >= 15 is 0 Å². The minimum atomic E-state index is -0.436. The molecule has 1 aromatic heterocycles. The number of aliphatic hydroxyl groups excluding tert-OH is 1. The minimum absolute atomic E-state index is 0.0547. The Hall–Kier alpha value is -3.12. The van der Waals surface area contributed by atoms with Crippen molar-refractivity contribution in [2.45, 2.75) is 0 Å². The van der Waals surface area contributed by atoms with Crippen molar-refractivity contribution in [3.63, 3.8) is 0 Å². The molecule has 0 bridgehead atoms. The Kier molecular flexibility index (Phi) is 6.74. The summed E-state index contributed by atoms with van der Waals surface area (Å²) in [4.78, 5) is 26.5. The first-order valence-electron chi connectivity index (χ1n) is 7.78. The third kappa shape index (κ3) is 5.19. The lowest BCUT2D eigenvalue weighted by atomic mass is 10.2. The molecule has 2 N–H and O–H groups in total. The predicted octanol–water partition coefficient (Wildman–Crippen LogP) is 2.06. The quantitative estimate of drug-likeness (QED) is 0.569. The molecule has 2 rings (SSSR count). The summed E-state index contributed by atoms with van der Waals surface area (Å²) in [6, 6.07) is 11.9. The van der Waals surface area contributed by atoms with E-state index in [0.717, 1.165) is 0 Å². The van der Waals surface area contributed by atoms with Crippen LogP contribution in [0.15, 0.2) is 71.5 Å². The number of carbonyl (C=O) groups excluding carboxylic acids is 2. The fourth-order valence-electron chi connectivity index (χ4n) is 2.17. The van der Waals surface area contributed by atoms with Crippen LogP contribution < -0.4 is 5.32 Å². The van der Waals surface area contributed by atoms with Crippen molar-refractivity contribution in [2.75, 3.05) is 19.7 Å². The number of rotatable bonds is 8. The molecule has 6 nitrogen and oxygen atoms in total. The SMILES string of the molecule is C=CCN(CCO)C(=O)/C(=C/c1ccco1)NC(=O)c1ccccc1. The topological polar surface area (TPSA) is 82.8 Å². The molecule has 1 heterocycles. The summed E-state index contributed by atoms with van der Waals surface area (Å²) in [5.74, 6) is -0.414. The van der Waals surface area contributed by atoms with Crippen molar-refractivity contribution in [1.82, 2.24) is 10.2 Å². The Morgan fingerprint density at radius 2 is 1.96 bits per heavy atom. The Morgan fingerprint density at radius 1 is 1.20 bits per heavy atom. The van der Waals surface area contributed by atoms with Crippen molar-refractivity contribution in [3.8, 4) is 0 Å². The smallest absolute Gasteiger partial charge is 0.270 e. The van der Waals surface area contributed by atoms with E-state index in [1.54, 1.807) is 48.5 Å². The number of benzene rings is 1. The van der Waals surface area contributed by atoms with Crippen LogP contribution in [0.2, 0.25) is 0 Å². The molecule has 130 valence electrons. The molecule has 0 radical (unpaired) electrons. The van der Waals surface area contributed by atoms with E-state index in [-0.39, 0.29) is 25.4 Å². The van der Waals surface area contributed by atoms with Gasteiger partial charge >= 0.3 is 0 Å². The van der Waals surface area contributed by atoms with Gasteiger partial charge in [0.1, 0.15) is 11.5 Å². The molecule has 0 fully saturated rings. The monoisotopic (exact) mass is 340 g/mol. The van der Waals surface area contributed by atoms with Crippen LogP contribution in [0, 0.1) is 0 Å². The van der Waals surface area contributed by atoms with Crippen molar-refractivity contribution in [3.05, 3.63) is 78.4 Å². The lowest BCUT2D eigenvalue weighted by Crippen LogP contribution is -2.40. The molecule has 0 aliphatic rings. The van der Waals surface area contributed by atoms with Crippen molar-refractivity contribution < 1.29 is 19.1 Å². The fraction of sp³-hybridized carbons (Fsp3) is 0.158. The van der Waals surface area contributed by atoms with Gasteiger partial charge in [-0.05, 0) is 24.3 Å². The van der Waals surface area contributed by atoms with Crippen LogP contribution in [0.5, 0.6) is 0 Å². The molecule has 0 unspecified atom stereocenters. The molecule has 0 aliphatic heterocycles. The van der Waals surface area contributed by atoms with Gasteiger partial charge in [0.2, 0.25) is 0 Å². The largest absolute Gasteiger partial charge is 0.465 e. The van der Waals surface area contributed by atoms with Gasteiger partial charge in [0, 0.05) is 24.7 Å². The molecule has 0 atom stereocenters. The molecular formula is C19H20N2O4. The third-order valence-corrected chi connectivity index (χ3v) is 3.35. The van der Waals surface area contributed by atoms with Crippen LogP contribution in [-0.2, 0) is 4.79 Å². The first-order chi connectivity index (χ1) is 12.2. The zero-order valence-corrected chi connectivity index (χ0v) is 13.7. The Balaban J connectivity index is 2.28. The summed E-state index contributed by atoms with van der Waals surface area (Å²) in [5.41, 5.74) is 0.483. The van der Waals surface area contributed by atoms with E-state index in [9.17, 15) is 9.59 Å². The highest BCUT2D eigenvalue weighted by Crippen LogP contribution is 2.10. The van der Waals surface area contributed by atoms with Gasteiger partial charge in [-0.3, -0.25) is 9.59 Å². The molecule has 25 heavy (non-hydrogen) atoms. The summed E-state index contributed by atoms with van der Waals surface area (Å²) >= 11 is 0. The molecule has 2 amide bonds. The second kappa shape index (κ2) is 9.24. The number of nitrogens with one attached hydrogen (secondary N) is 1. The number of amides is 2. The van der Waals surface area contributed by atoms with E-state index in [1.165, 1.54) is 17.2 Å². The standard InChI is InChI=1S/C19H20N2O4/c1-2-10-21(11-12-22)19(24)17(14-16-9-6-13-25-16)20-18(23)15-7-4-3-5-8-15/h2-9,13-14,22H,1,10-12H2,(H,20,23)/b17-14-. The molecule has 2 aromatic rings. The van der Waals surface area contributed by atoms with Crippen LogP contribution in [0.4, 0.5) is 0 Å². The highest BCUT2D eigenvalue weighted by Gasteiger charge is 2.20. The van der Waals surface area contributed by atoms with Gasteiger partial charge in [0.25, 0.3) is 11.8 Å². The zero-order valence-electron chi connectivity index (χ0n) is 13.7. The number of hydrogen-bond donors (Lipinski definition) is 2. The second-order valence-corrected chi connectivity index (χ2v) is 5.16. The first-order valence-corrected chi connectivity index (χ1v) is 7.78. The minimum Gasteiger partial charge on any atom is -0.465 e. The van der Waals surface area contributed by atoms with Gasteiger partial charge in [-0.2, -0.15) is 0 Å². The van der Waals surface area contributed by atoms with E-state index in [4.69, 9.17) is 9.52 Å². The van der Waals surface area contributed by atoms with Crippen molar-refractivity contribution in [2.24, 2.45) is 0 Å². The fourth-order valence-corrected chi connectivity index (χ4v) is 2.17. The number of aliphatic hydroxyl groups is 1. The van der Waals surface area contributed by atoms with Crippen LogP contribution in [0.3, 0.4) is 0 Å². The summed E-state index contributed by atoms with van der Waals surface area (Å²) in [6.45, 7) is 3.79. The number of carbonyl (C=O) groups is 2. The third-order valence-electron chi connectivity index (χ3n) is 3.35. The maximum atomic E-state index is 12.8. The summed E-state index contributed by atoms with van der Waals surface area (Å²) in [7, 11) is 0. The molecule has 0 saturated carbocycles. The summed E-state index contributed by atoms with van der Waals surface area (Å²) in [5, 5.41) is 11.8. The maximum Gasteiger partial charge on any atom is 0.270 e. The maximum absolute atomic E-state index is 12.8. The lowest BCUT2D eigenvalue weighted by Gasteiger charge is -2.21. The molecular weight excluding hydrogens is 320 g/mol. The highest BCUT2D eigenvalue weighted by atomic mass is 16.3. The van der Waals surface area contributed by atoms with E-state index in [2.05, 4.69) is 11.9 Å². The van der Waals surface area contributed by atoms with Gasteiger partial charge in [0.05, 0.1) is 12.9 Å². The van der Waals surface area contributed by atoms with Crippen LogP contribution in [-0.4, -0.2) is 41.5 Å². The Bertz CT molecular complexity index is 736. The predicted molar refractivity (Wildman–Crippen MR) is 94.5 cm³/mol. The van der Waals surface area contributed by atoms with Gasteiger partial charge < -0.3 is 19.7 Å². The lowest BCUT2D eigenvalue weighted by molar-refractivity contribution is -0.127. The van der Waals surface area contributed by atoms with Gasteiger partial charge in [-0.25, -0.2) is 0 Å². The summed E-state index contributed by atoms with van der Waals surface area (Å²) < 4.78 is 5.23. The van der Waals surface area contributed by atoms with Gasteiger partial charge in [-0.15, -0.1) is 6.58 Å².